The summed E-state index contributed by atoms with van der Waals surface area (Å²) in [6, 6.07) is 12.5. The van der Waals surface area contributed by atoms with Gasteiger partial charge in [0.1, 0.15) is 5.75 Å². The van der Waals surface area contributed by atoms with Crippen LogP contribution in [0.25, 0.3) is 0 Å². The minimum absolute atomic E-state index is 0.128. The van der Waals surface area contributed by atoms with E-state index < -0.39 is 12.0 Å². The minimum Gasteiger partial charge on any atom is -0.484 e. The van der Waals surface area contributed by atoms with Crippen molar-refractivity contribution in [2.75, 3.05) is 29.9 Å². The highest BCUT2D eigenvalue weighted by Crippen LogP contribution is 2.27. The molecule has 1 saturated heterocycles. The quantitative estimate of drug-likeness (QED) is 0.584. The summed E-state index contributed by atoms with van der Waals surface area (Å²) in [5, 5.41) is 14.8. The van der Waals surface area contributed by atoms with Crippen molar-refractivity contribution in [1.29, 1.82) is 0 Å². The van der Waals surface area contributed by atoms with Gasteiger partial charge in [-0.1, -0.05) is 6.07 Å². The molecule has 1 fully saturated rings. The van der Waals surface area contributed by atoms with Gasteiger partial charge in [0.15, 0.2) is 6.61 Å². The zero-order valence-corrected chi connectivity index (χ0v) is 18.6. The van der Waals surface area contributed by atoms with E-state index in [1.807, 2.05) is 32.0 Å². The summed E-state index contributed by atoms with van der Waals surface area (Å²) in [6.45, 7) is 5.88. The number of benzene rings is 2. The molecule has 3 rings (SSSR count). The Hall–Kier alpha value is -3.39. The van der Waals surface area contributed by atoms with Crippen molar-refractivity contribution >= 4 is 29.1 Å². The molecule has 1 heterocycles. The standard InChI is InChI=1S/C24H29N3O5/c1-15-4-5-19(10-16(15)2)26-22(29)14-32-21-8-6-20(7-9-21)27-13-18(11-23(27)30)24(31)25-12-17(3)28/h4-10,17-18,28H,11-14H2,1-3H3,(H,25,31)(H,26,29)/t17-,18+/m1/s1. The van der Waals surface area contributed by atoms with E-state index in [-0.39, 0.29) is 43.8 Å². The van der Waals surface area contributed by atoms with Crippen molar-refractivity contribution in [2.24, 2.45) is 5.92 Å². The van der Waals surface area contributed by atoms with Crippen molar-refractivity contribution in [3.05, 3.63) is 53.6 Å². The lowest BCUT2D eigenvalue weighted by Gasteiger charge is -2.17. The number of nitrogens with one attached hydrogen (secondary N) is 2. The Balaban J connectivity index is 1.51. The molecule has 0 aromatic heterocycles. The maximum Gasteiger partial charge on any atom is 0.262 e. The van der Waals surface area contributed by atoms with Gasteiger partial charge in [0.2, 0.25) is 11.8 Å². The number of carbonyl (C=O) groups is 3. The molecular formula is C24H29N3O5. The zero-order chi connectivity index (χ0) is 23.3. The first-order valence-electron chi connectivity index (χ1n) is 10.6. The predicted molar refractivity (Wildman–Crippen MR) is 122 cm³/mol. The van der Waals surface area contributed by atoms with Crippen molar-refractivity contribution in [2.45, 2.75) is 33.3 Å². The van der Waals surface area contributed by atoms with E-state index in [0.717, 1.165) is 16.8 Å². The summed E-state index contributed by atoms with van der Waals surface area (Å²) in [6.07, 6.45) is -0.509. The third-order valence-corrected chi connectivity index (χ3v) is 5.38. The van der Waals surface area contributed by atoms with E-state index >= 15 is 0 Å². The largest absolute Gasteiger partial charge is 0.484 e. The molecule has 3 amide bonds. The van der Waals surface area contributed by atoms with Crippen LogP contribution in [0.5, 0.6) is 5.75 Å². The molecule has 1 aliphatic heterocycles. The number of carbonyl (C=O) groups excluding carboxylic acids is 3. The number of nitrogens with zero attached hydrogens (tertiary/aromatic N) is 1. The first-order valence-corrected chi connectivity index (χ1v) is 10.6. The fraction of sp³-hybridized carbons (Fsp3) is 0.375. The topological polar surface area (TPSA) is 108 Å². The van der Waals surface area contributed by atoms with Crippen molar-refractivity contribution in [3.63, 3.8) is 0 Å². The van der Waals surface area contributed by atoms with Gasteiger partial charge in [-0.3, -0.25) is 14.4 Å². The summed E-state index contributed by atoms with van der Waals surface area (Å²) >= 11 is 0. The molecule has 0 aliphatic carbocycles. The third kappa shape index (κ3) is 6.07. The van der Waals surface area contributed by atoms with Crippen molar-refractivity contribution in [1.82, 2.24) is 5.32 Å². The normalized spacial score (nSPS) is 16.6. The number of ether oxygens (including phenoxy) is 1. The number of hydrogen-bond donors (Lipinski definition) is 3. The van der Waals surface area contributed by atoms with Crippen LogP contribution in [-0.4, -0.2) is 48.6 Å². The monoisotopic (exact) mass is 439 g/mol. The van der Waals surface area contributed by atoms with Gasteiger partial charge in [0.05, 0.1) is 12.0 Å². The molecule has 2 aromatic rings. The van der Waals surface area contributed by atoms with Crippen LogP contribution >= 0.6 is 0 Å². The van der Waals surface area contributed by atoms with E-state index in [1.54, 1.807) is 36.1 Å². The lowest BCUT2D eigenvalue weighted by molar-refractivity contribution is -0.126. The predicted octanol–water partition coefficient (Wildman–Crippen LogP) is 2.17. The molecule has 0 saturated carbocycles. The second kappa shape index (κ2) is 10.3. The molecule has 170 valence electrons. The van der Waals surface area contributed by atoms with Gasteiger partial charge >= 0.3 is 0 Å². The maximum atomic E-state index is 12.4. The molecule has 8 heteroatoms. The van der Waals surface area contributed by atoms with E-state index in [4.69, 9.17) is 4.74 Å². The van der Waals surface area contributed by atoms with E-state index in [1.165, 1.54) is 0 Å². The highest BCUT2D eigenvalue weighted by atomic mass is 16.5. The Bertz CT molecular complexity index is 988. The number of anilines is 2. The van der Waals surface area contributed by atoms with Gasteiger partial charge in [-0.25, -0.2) is 0 Å². The summed E-state index contributed by atoms with van der Waals surface area (Å²) in [5.41, 5.74) is 3.63. The number of aryl methyl sites for hydroxylation is 2. The third-order valence-electron chi connectivity index (χ3n) is 5.38. The van der Waals surface area contributed by atoms with Crippen LogP contribution in [-0.2, 0) is 14.4 Å². The van der Waals surface area contributed by atoms with Gasteiger partial charge in [0, 0.05) is 30.9 Å². The van der Waals surface area contributed by atoms with Crippen LogP contribution in [0.1, 0.15) is 24.5 Å². The summed E-state index contributed by atoms with van der Waals surface area (Å²) in [7, 11) is 0. The molecule has 0 radical (unpaired) electrons. The summed E-state index contributed by atoms with van der Waals surface area (Å²) in [4.78, 5) is 38.3. The van der Waals surface area contributed by atoms with Crippen molar-refractivity contribution < 1.29 is 24.2 Å². The minimum atomic E-state index is -0.636. The molecule has 32 heavy (non-hydrogen) atoms. The Kier molecular flexibility index (Phi) is 7.48. The maximum absolute atomic E-state index is 12.4. The molecule has 0 unspecified atom stereocenters. The number of rotatable bonds is 8. The number of amides is 3. The van der Waals surface area contributed by atoms with Crippen LogP contribution in [0.3, 0.4) is 0 Å². The van der Waals surface area contributed by atoms with Gasteiger partial charge < -0.3 is 25.4 Å². The Morgan fingerprint density at radius 3 is 2.53 bits per heavy atom. The zero-order valence-electron chi connectivity index (χ0n) is 18.6. The summed E-state index contributed by atoms with van der Waals surface area (Å²) in [5.74, 6) is -0.591. The van der Waals surface area contributed by atoms with E-state index in [2.05, 4.69) is 10.6 Å². The molecule has 3 N–H and O–H groups in total. The number of aliphatic hydroxyl groups excluding tert-OH is 1. The Morgan fingerprint density at radius 1 is 1.16 bits per heavy atom. The Morgan fingerprint density at radius 2 is 1.88 bits per heavy atom. The highest BCUT2D eigenvalue weighted by Gasteiger charge is 2.35. The highest BCUT2D eigenvalue weighted by molar-refractivity contribution is 6.00. The summed E-state index contributed by atoms with van der Waals surface area (Å²) < 4.78 is 5.55. The lowest BCUT2D eigenvalue weighted by atomic mass is 10.1. The molecule has 0 spiro atoms. The van der Waals surface area contributed by atoms with Crippen LogP contribution in [0.15, 0.2) is 42.5 Å². The second-order valence-corrected chi connectivity index (χ2v) is 8.13. The van der Waals surface area contributed by atoms with Crippen molar-refractivity contribution in [3.8, 4) is 5.75 Å². The van der Waals surface area contributed by atoms with Gasteiger partial charge in [0.25, 0.3) is 5.91 Å². The first-order chi connectivity index (χ1) is 15.2. The lowest BCUT2D eigenvalue weighted by Crippen LogP contribution is -2.36. The fourth-order valence-corrected chi connectivity index (χ4v) is 3.41. The van der Waals surface area contributed by atoms with Gasteiger partial charge in [-0.2, -0.15) is 0 Å². The van der Waals surface area contributed by atoms with Crippen LogP contribution in [0.4, 0.5) is 11.4 Å². The average molecular weight is 440 g/mol. The van der Waals surface area contributed by atoms with Crippen LogP contribution in [0, 0.1) is 19.8 Å². The SMILES string of the molecule is Cc1ccc(NC(=O)COc2ccc(N3C[C@@H](C(=O)NC[C@@H](C)O)CC3=O)cc2)cc1C. The van der Waals surface area contributed by atoms with Crippen LogP contribution < -0.4 is 20.3 Å². The van der Waals surface area contributed by atoms with E-state index in [0.29, 0.717) is 11.4 Å². The van der Waals surface area contributed by atoms with Gasteiger partial charge in [-0.15, -0.1) is 0 Å². The fourth-order valence-electron chi connectivity index (χ4n) is 3.41. The molecule has 8 nitrogen and oxygen atoms in total. The number of hydrogen-bond acceptors (Lipinski definition) is 5. The molecule has 0 bridgehead atoms. The second-order valence-electron chi connectivity index (χ2n) is 8.13. The van der Waals surface area contributed by atoms with Crippen LogP contribution in [0.2, 0.25) is 0 Å². The molecule has 2 atom stereocenters. The Labute approximate surface area is 187 Å². The smallest absolute Gasteiger partial charge is 0.262 e. The van der Waals surface area contributed by atoms with E-state index in [9.17, 15) is 19.5 Å². The first kappa shape index (κ1) is 23.3. The molecular weight excluding hydrogens is 410 g/mol. The average Bonchev–Trinajstić information content (AvgIpc) is 3.15. The number of aliphatic hydroxyl groups is 1. The van der Waals surface area contributed by atoms with Gasteiger partial charge in [-0.05, 0) is 68.3 Å². The molecule has 1 aliphatic rings. The molecule has 2 aromatic carbocycles.